The number of thioether (sulfide) groups is 1. The minimum Gasteiger partial charge on any atom is -0.466 e. The van der Waals surface area contributed by atoms with Gasteiger partial charge in [-0.25, -0.2) is 13.1 Å². The first-order valence-corrected chi connectivity index (χ1v) is 13.4. The number of rotatable bonds is 9. The molecule has 3 N–H and O–H groups in total. The van der Waals surface area contributed by atoms with E-state index in [9.17, 15) is 13.2 Å². The molecule has 34 heavy (non-hydrogen) atoms. The van der Waals surface area contributed by atoms with Crippen LogP contribution in [0.4, 0.5) is 5.69 Å². The van der Waals surface area contributed by atoms with Crippen molar-refractivity contribution in [2.75, 3.05) is 18.2 Å². The second-order valence-electron chi connectivity index (χ2n) is 7.36. The third-order valence-corrected chi connectivity index (χ3v) is 6.96. The molecule has 178 valence electrons. The van der Waals surface area contributed by atoms with Gasteiger partial charge < -0.3 is 10.1 Å². The molecule has 0 bridgehead atoms. The maximum Gasteiger partial charge on any atom is 0.307 e. The van der Waals surface area contributed by atoms with Gasteiger partial charge in [-0.2, -0.15) is 0 Å². The zero-order valence-electron chi connectivity index (χ0n) is 18.9. The molecule has 0 fully saturated rings. The molecule has 0 aliphatic heterocycles. The smallest absolute Gasteiger partial charge is 0.307 e. The molecule has 0 saturated carbocycles. The molecule has 1 atom stereocenters. The van der Waals surface area contributed by atoms with E-state index in [0.29, 0.717) is 16.3 Å². The molecule has 9 heteroatoms. The number of ether oxygens (including phenoxy) is 1. The summed E-state index contributed by atoms with van der Waals surface area (Å²) in [5.74, 6) is -0.479. The number of benzene rings is 3. The minimum atomic E-state index is -3.94. The van der Waals surface area contributed by atoms with E-state index in [2.05, 4.69) is 10.0 Å². The standard InChI is InChI=1S/C25H27N3O4S2/c1-3-32-24(29)17-23(18-9-5-4-6-10-18)28-34(30,31)22-14-8-12-20(16-22)19-11-7-13-21(15-19)27-25(26)33-2/h4-16,23,28H,3,17H2,1-2H3,(H2,26,27). The van der Waals surface area contributed by atoms with Crippen LogP contribution in [-0.2, 0) is 19.6 Å². The largest absolute Gasteiger partial charge is 0.466 e. The van der Waals surface area contributed by atoms with Crippen LogP contribution in [0.3, 0.4) is 0 Å². The summed E-state index contributed by atoms with van der Waals surface area (Å²) in [7, 11) is -3.94. The molecule has 3 rings (SSSR count). The van der Waals surface area contributed by atoms with Crippen LogP contribution in [0.2, 0.25) is 0 Å². The van der Waals surface area contributed by atoms with E-state index < -0.39 is 22.0 Å². The van der Waals surface area contributed by atoms with Crippen molar-refractivity contribution in [1.29, 1.82) is 5.41 Å². The predicted octanol–water partition coefficient (Wildman–Crippen LogP) is 5.04. The van der Waals surface area contributed by atoms with Crippen LogP contribution in [0.1, 0.15) is 24.9 Å². The highest BCUT2D eigenvalue weighted by Crippen LogP contribution is 2.27. The van der Waals surface area contributed by atoms with Gasteiger partial charge in [-0.1, -0.05) is 66.4 Å². The summed E-state index contributed by atoms with van der Waals surface area (Å²) in [5.41, 5.74) is 2.93. The molecule has 1 unspecified atom stereocenters. The first kappa shape index (κ1) is 25.5. The van der Waals surface area contributed by atoms with Crippen molar-refractivity contribution >= 4 is 38.6 Å². The van der Waals surface area contributed by atoms with Gasteiger partial charge in [0.1, 0.15) is 0 Å². The maximum atomic E-state index is 13.3. The second-order valence-corrected chi connectivity index (χ2v) is 9.89. The summed E-state index contributed by atoms with van der Waals surface area (Å²) < 4.78 is 34.3. The second kappa shape index (κ2) is 11.8. The van der Waals surface area contributed by atoms with Crippen molar-refractivity contribution < 1.29 is 17.9 Å². The fraction of sp³-hybridized carbons (Fsp3) is 0.200. The van der Waals surface area contributed by atoms with Crippen molar-refractivity contribution in [2.45, 2.75) is 24.3 Å². The number of hydrogen-bond donors (Lipinski definition) is 3. The normalized spacial score (nSPS) is 12.1. The summed E-state index contributed by atoms with van der Waals surface area (Å²) in [6.07, 6.45) is 1.69. The summed E-state index contributed by atoms with van der Waals surface area (Å²) in [6.45, 7) is 1.93. The van der Waals surface area contributed by atoms with Crippen molar-refractivity contribution in [2.24, 2.45) is 0 Å². The lowest BCUT2D eigenvalue weighted by molar-refractivity contribution is -0.143. The first-order chi connectivity index (χ1) is 16.3. The lowest BCUT2D eigenvalue weighted by Gasteiger charge is -2.19. The predicted molar refractivity (Wildman–Crippen MR) is 137 cm³/mol. The molecule has 7 nitrogen and oxygen atoms in total. The lowest BCUT2D eigenvalue weighted by atomic mass is 10.1. The third kappa shape index (κ3) is 6.93. The van der Waals surface area contributed by atoms with Gasteiger partial charge in [-0.15, -0.1) is 0 Å². The summed E-state index contributed by atoms with van der Waals surface area (Å²) in [4.78, 5) is 12.2. The Morgan fingerprint density at radius 2 is 1.68 bits per heavy atom. The van der Waals surface area contributed by atoms with Gasteiger partial charge >= 0.3 is 5.97 Å². The number of esters is 1. The van der Waals surface area contributed by atoms with Crippen LogP contribution in [0.5, 0.6) is 0 Å². The summed E-state index contributed by atoms with van der Waals surface area (Å²) in [6, 6.07) is 22.2. The van der Waals surface area contributed by atoms with E-state index in [1.807, 2.05) is 42.7 Å². The summed E-state index contributed by atoms with van der Waals surface area (Å²) in [5, 5.41) is 11.1. The van der Waals surface area contributed by atoms with E-state index >= 15 is 0 Å². The minimum absolute atomic E-state index is 0.0880. The van der Waals surface area contributed by atoms with Crippen LogP contribution >= 0.6 is 11.8 Å². The van der Waals surface area contributed by atoms with Crippen molar-refractivity contribution in [3.8, 4) is 11.1 Å². The van der Waals surface area contributed by atoms with Crippen LogP contribution in [-0.4, -0.2) is 32.4 Å². The Morgan fingerprint density at radius 3 is 2.35 bits per heavy atom. The van der Waals surface area contributed by atoms with Gasteiger partial charge in [0.05, 0.1) is 24.0 Å². The average Bonchev–Trinajstić information content (AvgIpc) is 2.84. The van der Waals surface area contributed by atoms with E-state index in [1.165, 1.54) is 17.8 Å². The highest BCUT2D eigenvalue weighted by molar-refractivity contribution is 8.13. The van der Waals surface area contributed by atoms with Gasteiger partial charge in [0.25, 0.3) is 0 Å². The highest BCUT2D eigenvalue weighted by atomic mass is 32.2. The zero-order chi connectivity index (χ0) is 24.6. The Balaban J connectivity index is 1.89. The summed E-state index contributed by atoms with van der Waals surface area (Å²) >= 11 is 1.29. The molecular formula is C25H27N3O4S2. The van der Waals surface area contributed by atoms with E-state index in [1.54, 1.807) is 43.3 Å². The van der Waals surface area contributed by atoms with E-state index in [-0.39, 0.29) is 17.9 Å². The molecule has 0 spiro atoms. The molecule has 0 aromatic heterocycles. The fourth-order valence-electron chi connectivity index (χ4n) is 3.36. The third-order valence-electron chi connectivity index (χ3n) is 4.98. The molecule has 3 aromatic carbocycles. The fourth-order valence-corrected chi connectivity index (χ4v) is 4.85. The number of nitrogens with one attached hydrogen (secondary N) is 3. The van der Waals surface area contributed by atoms with Crippen LogP contribution in [0.15, 0.2) is 83.8 Å². The van der Waals surface area contributed by atoms with E-state index in [4.69, 9.17) is 10.1 Å². The van der Waals surface area contributed by atoms with Crippen LogP contribution in [0.25, 0.3) is 11.1 Å². The Bertz CT molecular complexity index is 1250. The molecule has 3 aromatic rings. The Labute approximate surface area is 204 Å². The van der Waals surface area contributed by atoms with Crippen molar-refractivity contribution in [3.63, 3.8) is 0 Å². The lowest BCUT2D eigenvalue weighted by Crippen LogP contribution is -2.30. The van der Waals surface area contributed by atoms with Crippen molar-refractivity contribution in [1.82, 2.24) is 4.72 Å². The zero-order valence-corrected chi connectivity index (χ0v) is 20.6. The molecule has 0 saturated heterocycles. The van der Waals surface area contributed by atoms with Gasteiger partial charge in [-0.05, 0) is 54.1 Å². The highest BCUT2D eigenvalue weighted by Gasteiger charge is 2.24. The topological polar surface area (TPSA) is 108 Å². The number of carbonyl (C=O) groups excluding carboxylic acids is 1. The van der Waals surface area contributed by atoms with Crippen molar-refractivity contribution in [3.05, 3.63) is 84.4 Å². The molecule has 0 amide bonds. The van der Waals surface area contributed by atoms with Gasteiger partial charge in [-0.3, -0.25) is 10.2 Å². The number of anilines is 1. The number of amidine groups is 1. The SMILES string of the molecule is CCOC(=O)CC(NS(=O)(=O)c1cccc(-c2cccc(NC(=N)SC)c2)c1)c1ccccc1. The first-order valence-electron chi connectivity index (χ1n) is 10.7. The Morgan fingerprint density at radius 1 is 1.00 bits per heavy atom. The number of sulfonamides is 1. The average molecular weight is 498 g/mol. The molecule has 0 aliphatic carbocycles. The molecule has 0 radical (unpaired) electrons. The number of carbonyl (C=O) groups is 1. The number of hydrogen-bond acceptors (Lipinski definition) is 6. The Hall–Kier alpha value is -3.14. The van der Waals surface area contributed by atoms with Crippen LogP contribution < -0.4 is 10.0 Å². The van der Waals surface area contributed by atoms with Gasteiger partial charge in [0.2, 0.25) is 10.0 Å². The molecule has 0 heterocycles. The van der Waals surface area contributed by atoms with Gasteiger partial charge in [0, 0.05) is 5.69 Å². The quantitative estimate of drug-likeness (QED) is 0.217. The molecular weight excluding hydrogens is 470 g/mol. The molecule has 0 aliphatic rings. The van der Waals surface area contributed by atoms with E-state index in [0.717, 1.165) is 11.3 Å². The van der Waals surface area contributed by atoms with Crippen LogP contribution in [0, 0.1) is 5.41 Å². The van der Waals surface area contributed by atoms with Gasteiger partial charge in [0.15, 0.2) is 5.17 Å². The maximum absolute atomic E-state index is 13.3. The monoisotopic (exact) mass is 497 g/mol. The Kier molecular flexibility index (Phi) is 8.86.